The number of nitrogens with zero attached hydrogens (tertiary/aromatic N) is 1. The molecule has 0 aromatic carbocycles. The summed E-state index contributed by atoms with van der Waals surface area (Å²) in [6.07, 6.45) is 0.783. The standard InChI is InChI=1S/C13H28N2O/c1-10(2)8-15(9-11(3)4)13(16)12(5)6-7-14/h10-12H,6-9,14H2,1-5H3. The van der Waals surface area contributed by atoms with E-state index < -0.39 is 0 Å². The zero-order chi connectivity index (χ0) is 12.7. The van der Waals surface area contributed by atoms with E-state index in [9.17, 15) is 4.79 Å². The normalized spacial score (nSPS) is 13.2. The lowest BCUT2D eigenvalue weighted by atomic mass is 10.0. The van der Waals surface area contributed by atoms with Gasteiger partial charge in [-0.15, -0.1) is 0 Å². The Bertz CT molecular complexity index is 192. The molecule has 0 aliphatic carbocycles. The van der Waals surface area contributed by atoms with E-state index in [1.165, 1.54) is 0 Å². The van der Waals surface area contributed by atoms with Crippen LogP contribution in [0.15, 0.2) is 0 Å². The molecule has 1 unspecified atom stereocenters. The fraction of sp³-hybridized carbons (Fsp3) is 0.923. The van der Waals surface area contributed by atoms with E-state index in [1.54, 1.807) is 0 Å². The summed E-state index contributed by atoms with van der Waals surface area (Å²) in [6, 6.07) is 0. The minimum atomic E-state index is 0.0579. The third-order valence-electron chi connectivity index (χ3n) is 2.50. The van der Waals surface area contributed by atoms with Gasteiger partial charge >= 0.3 is 0 Å². The number of hydrogen-bond donors (Lipinski definition) is 1. The van der Waals surface area contributed by atoms with Crippen LogP contribution < -0.4 is 5.73 Å². The van der Waals surface area contributed by atoms with E-state index in [1.807, 2.05) is 11.8 Å². The summed E-state index contributed by atoms with van der Waals surface area (Å²) in [4.78, 5) is 14.2. The number of rotatable bonds is 7. The summed E-state index contributed by atoms with van der Waals surface area (Å²) >= 11 is 0. The van der Waals surface area contributed by atoms with Crippen molar-refractivity contribution in [2.75, 3.05) is 19.6 Å². The Morgan fingerprint density at radius 3 is 1.81 bits per heavy atom. The first kappa shape index (κ1) is 15.4. The van der Waals surface area contributed by atoms with Crippen LogP contribution in [0.5, 0.6) is 0 Å². The highest BCUT2D eigenvalue weighted by molar-refractivity contribution is 5.78. The molecule has 0 rings (SSSR count). The molecule has 3 heteroatoms. The maximum Gasteiger partial charge on any atom is 0.225 e. The van der Waals surface area contributed by atoms with Crippen LogP contribution in [0.25, 0.3) is 0 Å². The minimum absolute atomic E-state index is 0.0579. The van der Waals surface area contributed by atoms with Gasteiger partial charge in [0, 0.05) is 19.0 Å². The topological polar surface area (TPSA) is 46.3 Å². The van der Waals surface area contributed by atoms with Gasteiger partial charge in [0.2, 0.25) is 5.91 Å². The van der Waals surface area contributed by atoms with Crippen LogP contribution in [0, 0.1) is 17.8 Å². The molecule has 0 aromatic heterocycles. The van der Waals surface area contributed by atoms with Crippen molar-refractivity contribution in [2.45, 2.75) is 41.0 Å². The maximum atomic E-state index is 12.2. The number of hydrogen-bond acceptors (Lipinski definition) is 2. The van der Waals surface area contributed by atoms with Gasteiger partial charge in [-0.3, -0.25) is 4.79 Å². The van der Waals surface area contributed by atoms with Crippen molar-refractivity contribution in [1.82, 2.24) is 4.90 Å². The molecule has 16 heavy (non-hydrogen) atoms. The summed E-state index contributed by atoms with van der Waals surface area (Å²) in [5, 5.41) is 0. The average molecular weight is 228 g/mol. The van der Waals surface area contributed by atoms with Crippen LogP contribution in [0.2, 0.25) is 0 Å². The van der Waals surface area contributed by atoms with Crippen molar-refractivity contribution in [3.8, 4) is 0 Å². The second-order valence-electron chi connectivity index (χ2n) is 5.51. The first-order chi connectivity index (χ1) is 7.38. The second kappa shape index (κ2) is 7.66. The van der Waals surface area contributed by atoms with Crippen molar-refractivity contribution in [2.24, 2.45) is 23.5 Å². The van der Waals surface area contributed by atoms with Gasteiger partial charge in [0.05, 0.1) is 0 Å². The molecule has 0 saturated carbocycles. The van der Waals surface area contributed by atoms with Gasteiger partial charge in [0.15, 0.2) is 0 Å². The number of amides is 1. The van der Waals surface area contributed by atoms with Crippen LogP contribution in [0.1, 0.15) is 41.0 Å². The smallest absolute Gasteiger partial charge is 0.225 e. The van der Waals surface area contributed by atoms with Crippen LogP contribution in [0.4, 0.5) is 0 Å². The predicted molar refractivity (Wildman–Crippen MR) is 69.1 cm³/mol. The average Bonchev–Trinajstić information content (AvgIpc) is 2.14. The molecule has 1 amide bonds. The monoisotopic (exact) mass is 228 g/mol. The fourth-order valence-electron chi connectivity index (χ4n) is 1.82. The highest BCUT2D eigenvalue weighted by Crippen LogP contribution is 2.11. The number of nitrogens with two attached hydrogens (primary N) is 1. The van der Waals surface area contributed by atoms with Crippen molar-refractivity contribution < 1.29 is 4.79 Å². The Morgan fingerprint density at radius 2 is 1.50 bits per heavy atom. The van der Waals surface area contributed by atoms with Crippen molar-refractivity contribution in [3.63, 3.8) is 0 Å². The Morgan fingerprint density at radius 1 is 1.06 bits per heavy atom. The van der Waals surface area contributed by atoms with Crippen molar-refractivity contribution in [1.29, 1.82) is 0 Å². The molecule has 0 aromatic rings. The maximum absolute atomic E-state index is 12.2. The molecule has 0 saturated heterocycles. The van der Waals surface area contributed by atoms with Crippen LogP contribution in [0.3, 0.4) is 0 Å². The lowest BCUT2D eigenvalue weighted by Crippen LogP contribution is -2.40. The summed E-state index contributed by atoms with van der Waals surface area (Å²) in [6.45, 7) is 12.9. The van der Waals surface area contributed by atoms with E-state index in [-0.39, 0.29) is 11.8 Å². The Labute approximate surface area is 100 Å². The van der Waals surface area contributed by atoms with E-state index in [4.69, 9.17) is 5.73 Å². The highest BCUT2D eigenvalue weighted by Gasteiger charge is 2.21. The first-order valence-electron chi connectivity index (χ1n) is 6.37. The lowest BCUT2D eigenvalue weighted by Gasteiger charge is -2.29. The van der Waals surface area contributed by atoms with E-state index in [0.29, 0.717) is 18.4 Å². The molecule has 0 aliphatic rings. The Hall–Kier alpha value is -0.570. The molecular formula is C13H28N2O. The van der Waals surface area contributed by atoms with E-state index in [2.05, 4.69) is 27.7 Å². The SMILES string of the molecule is CC(C)CN(CC(C)C)C(=O)C(C)CCN. The van der Waals surface area contributed by atoms with Crippen LogP contribution in [-0.2, 0) is 4.79 Å². The molecule has 3 nitrogen and oxygen atoms in total. The largest absolute Gasteiger partial charge is 0.342 e. The van der Waals surface area contributed by atoms with Gasteiger partial charge in [0.25, 0.3) is 0 Å². The van der Waals surface area contributed by atoms with E-state index >= 15 is 0 Å². The molecule has 0 aliphatic heterocycles. The lowest BCUT2D eigenvalue weighted by molar-refractivity contribution is -0.136. The summed E-state index contributed by atoms with van der Waals surface area (Å²) in [5.41, 5.74) is 5.50. The Kier molecular flexibility index (Phi) is 7.39. The number of carbonyl (C=O) groups is 1. The second-order valence-corrected chi connectivity index (χ2v) is 5.51. The molecule has 0 bridgehead atoms. The van der Waals surface area contributed by atoms with Gasteiger partial charge in [-0.1, -0.05) is 34.6 Å². The third kappa shape index (κ3) is 6.11. The van der Waals surface area contributed by atoms with Gasteiger partial charge in [-0.25, -0.2) is 0 Å². The van der Waals surface area contributed by atoms with Gasteiger partial charge in [-0.05, 0) is 24.8 Å². The quantitative estimate of drug-likeness (QED) is 0.725. The summed E-state index contributed by atoms with van der Waals surface area (Å²) in [7, 11) is 0. The van der Waals surface area contributed by atoms with Gasteiger partial charge < -0.3 is 10.6 Å². The van der Waals surface area contributed by atoms with Gasteiger partial charge in [-0.2, -0.15) is 0 Å². The molecular weight excluding hydrogens is 200 g/mol. The first-order valence-corrected chi connectivity index (χ1v) is 6.37. The van der Waals surface area contributed by atoms with Crippen molar-refractivity contribution >= 4 is 5.91 Å². The predicted octanol–water partition coefficient (Wildman–Crippen LogP) is 2.11. The third-order valence-corrected chi connectivity index (χ3v) is 2.50. The summed E-state index contributed by atoms with van der Waals surface area (Å²) in [5.74, 6) is 1.36. The zero-order valence-corrected chi connectivity index (χ0v) is 11.5. The summed E-state index contributed by atoms with van der Waals surface area (Å²) < 4.78 is 0. The minimum Gasteiger partial charge on any atom is -0.342 e. The zero-order valence-electron chi connectivity index (χ0n) is 11.5. The van der Waals surface area contributed by atoms with Crippen LogP contribution in [-0.4, -0.2) is 30.4 Å². The molecule has 0 spiro atoms. The molecule has 96 valence electrons. The van der Waals surface area contributed by atoms with Crippen LogP contribution >= 0.6 is 0 Å². The molecule has 0 radical (unpaired) electrons. The molecule has 0 fully saturated rings. The van der Waals surface area contributed by atoms with Crippen molar-refractivity contribution in [3.05, 3.63) is 0 Å². The molecule has 0 heterocycles. The number of carbonyl (C=O) groups excluding carboxylic acids is 1. The Balaban J connectivity index is 4.42. The highest BCUT2D eigenvalue weighted by atomic mass is 16.2. The fourth-order valence-corrected chi connectivity index (χ4v) is 1.82. The molecule has 1 atom stereocenters. The molecule has 2 N–H and O–H groups in total. The van der Waals surface area contributed by atoms with Gasteiger partial charge in [0.1, 0.15) is 0 Å². The van der Waals surface area contributed by atoms with E-state index in [0.717, 1.165) is 19.5 Å².